The van der Waals surface area contributed by atoms with E-state index >= 15 is 0 Å². The minimum atomic E-state index is -0.520. The molecule has 8 heteroatoms. The largest absolute Gasteiger partial charge is 0.312 e. The van der Waals surface area contributed by atoms with Crippen LogP contribution >= 0.6 is 11.3 Å². The molecule has 0 saturated carbocycles. The monoisotopic (exact) mass is 460 g/mol. The van der Waals surface area contributed by atoms with Gasteiger partial charge in [0.25, 0.3) is 0 Å². The molecular formula is C25H21FN4O2S. The minimum absolute atomic E-state index is 0.101. The number of anilines is 2. The molecule has 0 radical (unpaired) electrons. The SMILES string of the molecule is Cc1ccc2nc(N(Cc3cccnc3)C(=O)C3CC(=O)N(c4ccc(F)cc4)C3)sc2c1. The first-order valence-corrected chi connectivity index (χ1v) is 11.4. The van der Waals surface area contributed by atoms with Crippen LogP contribution in [0.4, 0.5) is 15.2 Å². The molecule has 2 aromatic carbocycles. The maximum Gasteiger partial charge on any atom is 0.234 e. The molecule has 1 saturated heterocycles. The molecule has 33 heavy (non-hydrogen) atoms. The van der Waals surface area contributed by atoms with Gasteiger partial charge in [0, 0.05) is 31.0 Å². The zero-order chi connectivity index (χ0) is 22.9. The first kappa shape index (κ1) is 21.2. The molecule has 0 N–H and O–H groups in total. The molecule has 0 aliphatic carbocycles. The van der Waals surface area contributed by atoms with Crippen LogP contribution in [0.3, 0.4) is 0 Å². The molecule has 2 amide bonds. The number of pyridine rings is 1. The van der Waals surface area contributed by atoms with Crippen molar-refractivity contribution < 1.29 is 14.0 Å². The van der Waals surface area contributed by atoms with Gasteiger partial charge in [0.15, 0.2) is 5.13 Å². The highest BCUT2D eigenvalue weighted by Gasteiger charge is 2.38. The molecule has 1 fully saturated rings. The Kier molecular flexibility index (Phi) is 5.60. The Bertz CT molecular complexity index is 1320. The van der Waals surface area contributed by atoms with Gasteiger partial charge in [-0.05, 0) is 60.5 Å². The molecule has 3 heterocycles. The third-order valence-electron chi connectivity index (χ3n) is 5.71. The van der Waals surface area contributed by atoms with Gasteiger partial charge in [-0.15, -0.1) is 0 Å². The lowest BCUT2D eigenvalue weighted by atomic mass is 10.1. The molecule has 1 atom stereocenters. The number of carbonyl (C=O) groups is 2. The van der Waals surface area contributed by atoms with Crippen LogP contribution < -0.4 is 9.80 Å². The number of benzene rings is 2. The summed E-state index contributed by atoms with van der Waals surface area (Å²) in [5.74, 6) is -1.20. The third kappa shape index (κ3) is 4.34. The first-order chi connectivity index (χ1) is 16.0. The predicted octanol–water partition coefficient (Wildman–Crippen LogP) is 4.73. The van der Waals surface area contributed by atoms with Crippen LogP contribution in [0.25, 0.3) is 10.2 Å². The van der Waals surface area contributed by atoms with Gasteiger partial charge < -0.3 is 4.90 Å². The van der Waals surface area contributed by atoms with Crippen molar-refractivity contribution in [3.8, 4) is 0 Å². The number of rotatable bonds is 5. The second kappa shape index (κ2) is 8.71. The van der Waals surface area contributed by atoms with Gasteiger partial charge in [0.2, 0.25) is 11.8 Å². The Balaban J connectivity index is 1.46. The van der Waals surface area contributed by atoms with E-state index in [0.29, 0.717) is 17.4 Å². The van der Waals surface area contributed by atoms with Crippen molar-refractivity contribution >= 4 is 44.2 Å². The summed E-state index contributed by atoms with van der Waals surface area (Å²) in [5.41, 5.74) is 3.42. The normalized spacial score (nSPS) is 15.9. The van der Waals surface area contributed by atoms with Gasteiger partial charge in [-0.3, -0.25) is 19.5 Å². The Morgan fingerprint density at radius 3 is 2.79 bits per heavy atom. The standard InChI is InChI=1S/C25H21FN4O2S/c1-16-4-9-21-22(11-16)33-25(28-21)30(14-17-3-2-10-27-13-17)24(32)18-12-23(31)29(15-18)20-7-5-19(26)6-8-20/h2-11,13,18H,12,14-15H2,1H3. The van der Waals surface area contributed by atoms with Crippen molar-refractivity contribution in [2.75, 3.05) is 16.3 Å². The Hall–Kier alpha value is -3.65. The molecule has 166 valence electrons. The summed E-state index contributed by atoms with van der Waals surface area (Å²) in [6, 6.07) is 15.5. The second-order valence-electron chi connectivity index (χ2n) is 8.14. The summed E-state index contributed by atoms with van der Waals surface area (Å²) in [4.78, 5) is 38.5. The first-order valence-electron chi connectivity index (χ1n) is 10.6. The number of fused-ring (bicyclic) bond motifs is 1. The summed E-state index contributed by atoms with van der Waals surface area (Å²) >= 11 is 1.46. The number of hydrogen-bond donors (Lipinski definition) is 0. The summed E-state index contributed by atoms with van der Waals surface area (Å²) in [7, 11) is 0. The van der Waals surface area contributed by atoms with Gasteiger partial charge in [-0.2, -0.15) is 0 Å². The predicted molar refractivity (Wildman–Crippen MR) is 127 cm³/mol. The molecule has 5 rings (SSSR count). The van der Waals surface area contributed by atoms with Crippen molar-refractivity contribution in [3.63, 3.8) is 0 Å². The second-order valence-corrected chi connectivity index (χ2v) is 9.14. The summed E-state index contributed by atoms with van der Waals surface area (Å²) in [6.45, 7) is 2.58. The zero-order valence-corrected chi connectivity index (χ0v) is 18.8. The lowest BCUT2D eigenvalue weighted by Crippen LogP contribution is -2.37. The Morgan fingerprint density at radius 2 is 2.03 bits per heavy atom. The van der Waals surface area contributed by atoms with Gasteiger partial charge in [0.05, 0.1) is 22.7 Å². The number of hydrogen-bond acceptors (Lipinski definition) is 5. The summed E-state index contributed by atoms with van der Waals surface area (Å²) in [6.07, 6.45) is 3.51. The number of aryl methyl sites for hydroxylation is 1. The minimum Gasteiger partial charge on any atom is -0.312 e. The smallest absolute Gasteiger partial charge is 0.234 e. The lowest BCUT2D eigenvalue weighted by Gasteiger charge is -2.23. The van der Waals surface area contributed by atoms with Crippen LogP contribution in [0.15, 0.2) is 67.0 Å². The maximum atomic E-state index is 13.7. The molecule has 1 aliphatic heterocycles. The number of amides is 2. The molecule has 0 spiro atoms. The van der Waals surface area contributed by atoms with Gasteiger partial charge >= 0.3 is 0 Å². The van der Waals surface area contributed by atoms with Crippen molar-refractivity contribution in [2.24, 2.45) is 5.92 Å². The van der Waals surface area contributed by atoms with E-state index in [1.54, 1.807) is 34.3 Å². The topological polar surface area (TPSA) is 66.4 Å². The maximum absolute atomic E-state index is 13.7. The molecule has 1 unspecified atom stereocenters. The van der Waals surface area contributed by atoms with Gasteiger partial charge in [-0.25, -0.2) is 9.37 Å². The van der Waals surface area contributed by atoms with Crippen LogP contribution in [0.2, 0.25) is 0 Å². The van der Waals surface area contributed by atoms with E-state index in [4.69, 9.17) is 4.98 Å². The number of thiazole rings is 1. The van der Waals surface area contributed by atoms with E-state index in [-0.39, 0.29) is 30.6 Å². The van der Waals surface area contributed by atoms with Crippen molar-refractivity contribution in [1.82, 2.24) is 9.97 Å². The average molecular weight is 461 g/mol. The van der Waals surface area contributed by atoms with E-state index in [0.717, 1.165) is 21.3 Å². The quantitative estimate of drug-likeness (QED) is 0.432. The third-order valence-corrected chi connectivity index (χ3v) is 6.75. The number of halogens is 1. The van der Waals surface area contributed by atoms with E-state index in [1.165, 1.54) is 23.5 Å². The van der Waals surface area contributed by atoms with Crippen LogP contribution in [-0.4, -0.2) is 28.3 Å². The van der Waals surface area contributed by atoms with E-state index < -0.39 is 5.92 Å². The van der Waals surface area contributed by atoms with Gasteiger partial charge in [-0.1, -0.05) is 23.5 Å². The van der Waals surface area contributed by atoms with Gasteiger partial charge in [0.1, 0.15) is 5.82 Å². The Morgan fingerprint density at radius 1 is 1.21 bits per heavy atom. The number of aromatic nitrogens is 2. The molecule has 4 aromatic rings. The highest BCUT2D eigenvalue weighted by molar-refractivity contribution is 7.22. The summed E-state index contributed by atoms with van der Waals surface area (Å²) < 4.78 is 14.3. The Labute approximate surface area is 194 Å². The fourth-order valence-corrected chi connectivity index (χ4v) is 5.08. The number of carbonyl (C=O) groups excluding carboxylic acids is 2. The lowest BCUT2D eigenvalue weighted by molar-refractivity contribution is -0.124. The zero-order valence-electron chi connectivity index (χ0n) is 17.9. The van der Waals surface area contributed by atoms with Crippen molar-refractivity contribution in [2.45, 2.75) is 19.9 Å². The van der Waals surface area contributed by atoms with E-state index in [9.17, 15) is 14.0 Å². The fraction of sp³-hybridized carbons (Fsp3) is 0.200. The van der Waals surface area contributed by atoms with Crippen molar-refractivity contribution in [3.05, 3.63) is 83.9 Å². The van der Waals surface area contributed by atoms with Crippen LogP contribution in [0.5, 0.6) is 0 Å². The molecule has 2 aromatic heterocycles. The van der Waals surface area contributed by atoms with Crippen LogP contribution in [0.1, 0.15) is 17.5 Å². The molecule has 0 bridgehead atoms. The van der Waals surface area contributed by atoms with E-state index in [1.807, 2.05) is 31.2 Å². The van der Waals surface area contributed by atoms with Crippen molar-refractivity contribution in [1.29, 1.82) is 0 Å². The fourth-order valence-electron chi connectivity index (χ4n) is 4.01. The summed E-state index contributed by atoms with van der Waals surface area (Å²) in [5, 5.41) is 0.595. The molecule has 1 aliphatic rings. The van der Waals surface area contributed by atoms with E-state index in [2.05, 4.69) is 11.1 Å². The highest BCUT2D eigenvalue weighted by Crippen LogP contribution is 2.33. The molecular weight excluding hydrogens is 439 g/mol. The van der Waals surface area contributed by atoms with Crippen LogP contribution in [-0.2, 0) is 16.1 Å². The highest BCUT2D eigenvalue weighted by atomic mass is 32.1. The van der Waals surface area contributed by atoms with Crippen LogP contribution in [0, 0.1) is 18.7 Å². The average Bonchev–Trinajstić information content (AvgIpc) is 3.41. The molecule has 6 nitrogen and oxygen atoms in total. The number of nitrogens with zero attached hydrogens (tertiary/aromatic N) is 4.